The summed E-state index contributed by atoms with van der Waals surface area (Å²) in [5.41, 5.74) is 4.67. The number of benzene rings is 3. The second-order valence-corrected chi connectivity index (χ2v) is 13.1. The normalized spacial score (nSPS) is 19.0. The Morgan fingerprint density at radius 1 is 0.848 bits per heavy atom. The summed E-state index contributed by atoms with van der Waals surface area (Å²) >= 11 is 3.51. The number of ether oxygens (including phenoxy) is 1. The van der Waals surface area contributed by atoms with Crippen LogP contribution < -0.4 is 25.4 Å². The number of nitrogens with one attached hydrogen (secondary N) is 1. The Hall–Kier alpha value is -4.57. The molecule has 4 aromatic rings. The van der Waals surface area contributed by atoms with E-state index in [-0.39, 0.29) is 23.3 Å². The van der Waals surface area contributed by atoms with Gasteiger partial charge in [-0.2, -0.15) is 0 Å². The van der Waals surface area contributed by atoms with Crippen LogP contribution in [0.4, 0.5) is 17.1 Å². The topological polar surface area (TPSA) is 87.1 Å². The fraction of sp³-hybridized carbons (Fsp3) is 0.306. The van der Waals surface area contributed by atoms with Crippen LogP contribution in [0.3, 0.4) is 0 Å². The van der Waals surface area contributed by atoms with E-state index in [9.17, 15) is 14.4 Å². The van der Waals surface area contributed by atoms with E-state index in [2.05, 4.69) is 43.2 Å². The number of piperazine rings is 1. The Morgan fingerprint density at radius 3 is 2.43 bits per heavy atom. The Kier molecular flexibility index (Phi) is 8.29. The second-order valence-electron chi connectivity index (χ2n) is 12.2. The molecule has 2 fully saturated rings. The van der Waals surface area contributed by atoms with Crippen molar-refractivity contribution in [3.05, 3.63) is 117 Å². The molecule has 4 heterocycles. The van der Waals surface area contributed by atoms with E-state index >= 15 is 0 Å². The van der Waals surface area contributed by atoms with E-state index in [1.165, 1.54) is 0 Å². The molecule has 0 radical (unpaired) electrons. The van der Waals surface area contributed by atoms with Crippen LogP contribution in [0.1, 0.15) is 38.7 Å². The summed E-state index contributed by atoms with van der Waals surface area (Å²) in [5.74, 6) is 0.706. The molecule has 10 heteroatoms. The lowest BCUT2D eigenvalue weighted by Gasteiger charge is -2.44. The largest absolute Gasteiger partial charge is 0.497 e. The van der Waals surface area contributed by atoms with Gasteiger partial charge in [-0.25, -0.2) is 0 Å². The van der Waals surface area contributed by atoms with Gasteiger partial charge in [0.15, 0.2) is 0 Å². The van der Waals surface area contributed by atoms with Crippen molar-refractivity contribution in [2.24, 2.45) is 5.92 Å². The van der Waals surface area contributed by atoms with Crippen molar-refractivity contribution in [2.45, 2.75) is 18.9 Å². The predicted octanol–water partition coefficient (Wildman–Crippen LogP) is 5.46. The van der Waals surface area contributed by atoms with Crippen molar-refractivity contribution < 1.29 is 14.3 Å². The maximum Gasteiger partial charge on any atom is 0.257 e. The standard InChI is InChI=1S/C36H36BrN5O4/c1-46-28-11-12-30(37)29(20-28)35(44)38-31-19-25(36(45)40-16-14-39(15-17-40)27-6-3-2-4-7-27)10-13-33(31)41-21-24-18-26(23-41)32-8-5-9-34(43)42(32)22-24/h2-13,19-20,24,26H,14-18,21-23H2,1H3,(H,38,44). The quantitative estimate of drug-likeness (QED) is 0.291. The molecule has 0 saturated carbocycles. The van der Waals surface area contributed by atoms with Gasteiger partial charge in [0.25, 0.3) is 17.4 Å². The highest BCUT2D eigenvalue weighted by molar-refractivity contribution is 9.10. The number of carbonyl (C=O) groups is 2. The van der Waals surface area contributed by atoms with Crippen molar-refractivity contribution in [3.63, 3.8) is 0 Å². The molecule has 2 unspecified atom stereocenters. The molecule has 3 aliphatic heterocycles. The van der Waals surface area contributed by atoms with Crippen molar-refractivity contribution >= 4 is 44.8 Å². The lowest BCUT2D eigenvalue weighted by molar-refractivity contribution is 0.0746. The zero-order valence-corrected chi connectivity index (χ0v) is 27.3. The highest BCUT2D eigenvalue weighted by atomic mass is 79.9. The summed E-state index contributed by atoms with van der Waals surface area (Å²) in [6, 6.07) is 26.7. The van der Waals surface area contributed by atoms with Crippen molar-refractivity contribution in [1.82, 2.24) is 9.47 Å². The number of amides is 2. The first-order chi connectivity index (χ1) is 22.4. The highest BCUT2D eigenvalue weighted by Crippen LogP contribution is 2.40. The fourth-order valence-corrected chi connectivity index (χ4v) is 7.55. The third-order valence-electron chi connectivity index (χ3n) is 9.42. The Morgan fingerprint density at radius 2 is 1.65 bits per heavy atom. The molecular formula is C36H36BrN5O4. The van der Waals surface area contributed by atoms with Gasteiger partial charge in [0, 0.05) is 79.2 Å². The van der Waals surface area contributed by atoms with Gasteiger partial charge < -0.3 is 29.3 Å². The summed E-state index contributed by atoms with van der Waals surface area (Å²) in [6.07, 6.45) is 1.02. The third-order valence-corrected chi connectivity index (χ3v) is 10.1. The lowest BCUT2D eigenvalue weighted by atomic mass is 9.83. The van der Waals surface area contributed by atoms with Crippen LogP contribution in [0.15, 0.2) is 94.2 Å². The van der Waals surface area contributed by atoms with Crippen LogP contribution in [-0.2, 0) is 6.54 Å². The summed E-state index contributed by atoms with van der Waals surface area (Å²) in [6.45, 7) is 4.86. The van der Waals surface area contributed by atoms with Gasteiger partial charge in [0.05, 0.1) is 24.0 Å². The maximum atomic E-state index is 13.8. The van der Waals surface area contributed by atoms with Crippen molar-refractivity contribution in [3.8, 4) is 5.75 Å². The van der Waals surface area contributed by atoms with Gasteiger partial charge in [-0.15, -0.1) is 0 Å². The number of fused-ring (bicyclic) bond motifs is 4. The zero-order chi connectivity index (χ0) is 31.8. The molecule has 1 N–H and O–H groups in total. The molecule has 0 aliphatic carbocycles. The molecular weight excluding hydrogens is 646 g/mol. The average Bonchev–Trinajstić information content (AvgIpc) is 3.09. The summed E-state index contributed by atoms with van der Waals surface area (Å²) in [4.78, 5) is 46.6. The maximum absolute atomic E-state index is 13.8. The Balaban J connectivity index is 1.18. The number of aromatic nitrogens is 1. The van der Waals surface area contributed by atoms with Crippen LogP contribution in [0, 0.1) is 5.92 Å². The number of nitrogens with zero attached hydrogens (tertiary/aromatic N) is 4. The van der Waals surface area contributed by atoms with Crippen molar-refractivity contribution in [1.29, 1.82) is 0 Å². The first kappa shape index (κ1) is 30.1. The van der Waals surface area contributed by atoms with Crippen LogP contribution in [0.2, 0.25) is 0 Å². The van der Waals surface area contributed by atoms with Gasteiger partial charge in [0.2, 0.25) is 0 Å². The molecule has 2 saturated heterocycles. The zero-order valence-electron chi connectivity index (χ0n) is 25.7. The minimum absolute atomic E-state index is 0.0462. The third kappa shape index (κ3) is 5.89. The number of halogens is 1. The number of anilines is 3. The Labute approximate surface area is 276 Å². The van der Waals surface area contributed by atoms with Crippen molar-refractivity contribution in [2.75, 3.05) is 61.5 Å². The monoisotopic (exact) mass is 681 g/mol. The SMILES string of the molecule is COc1ccc(Br)c(C(=O)Nc2cc(C(=O)N3CCN(c4ccccc4)CC3)ccc2N2CC3CC(C2)c2cccc(=O)n2C3)c1. The van der Waals surface area contributed by atoms with E-state index in [4.69, 9.17) is 4.74 Å². The molecule has 2 atom stereocenters. The number of para-hydroxylation sites is 1. The van der Waals surface area contributed by atoms with E-state index in [1.807, 2.05) is 58.0 Å². The number of rotatable bonds is 6. The van der Waals surface area contributed by atoms with Crippen LogP contribution >= 0.6 is 15.9 Å². The first-order valence-corrected chi connectivity index (χ1v) is 16.5. The number of methoxy groups -OCH3 is 1. The molecule has 236 valence electrons. The molecule has 9 nitrogen and oxygen atoms in total. The van der Waals surface area contributed by atoms with Gasteiger partial charge in [-0.3, -0.25) is 14.4 Å². The van der Waals surface area contributed by atoms with E-state index in [0.717, 1.165) is 43.1 Å². The summed E-state index contributed by atoms with van der Waals surface area (Å²) in [5, 5.41) is 3.14. The predicted molar refractivity (Wildman–Crippen MR) is 183 cm³/mol. The molecule has 2 bridgehead atoms. The van der Waals surface area contributed by atoms with E-state index < -0.39 is 0 Å². The minimum atomic E-state index is -0.304. The first-order valence-electron chi connectivity index (χ1n) is 15.7. The second kappa shape index (κ2) is 12.7. The summed E-state index contributed by atoms with van der Waals surface area (Å²) < 4.78 is 7.93. The van der Waals surface area contributed by atoms with Crippen LogP contribution in [-0.4, -0.2) is 67.7 Å². The minimum Gasteiger partial charge on any atom is -0.497 e. The molecule has 46 heavy (non-hydrogen) atoms. The molecule has 2 amide bonds. The van der Waals surface area contributed by atoms with Gasteiger partial charge in [-0.1, -0.05) is 24.3 Å². The number of hydrogen-bond acceptors (Lipinski definition) is 6. The molecule has 0 spiro atoms. The number of hydrogen-bond donors (Lipinski definition) is 1. The van der Waals surface area contributed by atoms with Gasteiger partial charge in [-0.05, 0) is 82.9 Å². The Bertz CT molecular complexity index is 1840. The molecule has 7 rings (SSSR count). The smallest absolute Gasteiger partial charge is 0.257 e. The number of pyridine rings is 1. The van der Waals surface area contributed by atoms with Gasteiger partial charge in [0.1, 0.15) is 5.75 Å². The van der Waals surface area contributed by atoms with Crippen LogP contribution in [0.5, 0.6) is 5.75 Å². The highest BCUT2D eigenvalue weighted by Gasteiger charge is 2.35. The summed E-state index contributed by atoms with van der Waals surface area (Å²) in [7, 11) is 1.57. The fourth-order valence-electron chi connectivity index (χ4n) is 7.12. The van der Waals surface area contributed by atoms with E-state index in [1.54, 1.807) is 31.4 Å². The van der Waals surface area contributed by atoms with Crippen LogP contribution in [0.25, 0.3) is 0 Å². The molecule has 3 aromatic carbocycles. The lowest BCUT2D eigenvalue weighted by Crippen LogP contribution is -2.49. The number of carbonyl (C=O) groups excluding carboxylic acids is 2. The average molecular weight is 683 g/mol. The molecule has 1 aromatic heterocycles. The molecule has 3 aliphatic rings. The number of piperidine rings is 1. The van der Waals surface area contributed by atoms with E-state index in [0.29, 0.717) is 59.1 Å². The van der Waals surface area contributed by atoms with Gasteiger partial charge >= 0.3 is 0 Å².